The van der Waals surface area contributed by atoms with Gasteiger partial charge in [0, 0.05) is 18.9 Å². The lowest BCUT2D eigenvalue weighted by molar-refractivity contribution is 0.101. The van der Waals surface area contributed by atoms with Gasteiger partial charge in [-0.05, 0) is 36.8 Å². The van der Waals surface area contributed by atoms with Gasteiger partial charge in [0.15, 0.2) is 0 Å². The van der Waals surface area contributed by atoms with Crippen molar-refractivity contribution < 1.29 is 0 Å². The first-order chi connectivity index (χ1) is 5.85. The Hall–Kier alpha value is -0.720. The number of rotatable bonds is 3. The summed E-state index contributed by atoms with van der Waals surface area (Å²) in [5.74, 6) is 0. The highest BCUT2D eigenvalue weighted by Gasteiger charge is 2.34. The maximum atomic E-state index is 2.32. The minimum atomic E-state index is 0.652. The highest BCUT2D eigenvalue weighted by molar-refractivity contribution is 4.94. The van der Waals surface area contributed by atoms with Crippen molar-refractivity contribution in [3.05, 3.63) is 24.5 Å². The van der Waals surface area contributed by atoms with Crippen LogP contribution in [-0.2, 0) is 6.54 Å². The van der Waals surface area contributed by atoms with Gasteiger partial charge in [0.2, 0.25) is 0 Å². The fourth-order valence-corrected chi connectivity index (χ4v) is 2.16. The summed E-state index contributed by atoms with van der Waals surface area (Å²) >= 11 is 0. The van der Waals surface area contributed by atoms with Crippen molar-refractivity contribution >= 4 is 0 Å². The molecule has 0 bridgehead atoms. The Kier molecular flexibility index (Phi) is 1.95. The van der Waals surface area contributed by atoms with Crippen LogP contribution in [0.25, 0.3) is 0 Å². The summed E-state index contributed by atoms with van der Waals surface area (Å²) in [6.45, 7) is 3.55. The summed E-state index contributed by atoms with van der Waals surface area (Å²) in [6.07, 6.45) is 10.00. The average Bonchev–Trinajstić information content (AvgIpc) is 2.49. The fraction of sp³-hybridized carbons (Fsp3) is 0.636. The van der Waals surface area contributed by atoms with Crippen molar-refractivity contribution in [3.8, 4) is 0 Å². The molecule has 0 aromatic carbocycles. The summed E-state index contributed by atoms with van der Waals surface area (Å²) in [7, 11) is 0. The Balaban J connectivity index is 2.01. The van der Waals surface area contributed by atoms with Crippen LogP contribution in [0.3, 0.4) is 0 Å². The Morgan fingerprint density at radius 1 is 1.25 bits per heavy atom. The summed E-state index contributed by atoms with van der Waals surface area (Å²) in [5, 5.41) is 0. The Labute approximate surface area is 74.4 Å². The number of aromatic nitrogens is 1. The predicted molar refractivity (Wildman–Crippen MR) is 51.0 cm³/mol. The lowest BCUT2D eigenvalue weighted by atomic mass is 9.67. The molecule has 1 nitrogen and oxygen atoms in total. The third kappa shape index (κ3) is 1.28. The van der Waals surface area contributed by atoms with Crippen LogP contribution in [0.4, 0.5) is 0 Å². The molecule has 1 aromatic heterocycles. The largest absolute Gasteiger partial charge is 0.354 e. The van der Waals surface area contributed by atoms with Crippen molar-refractivity contribution in [2.24, 2.45) is 5.41 Å². The van der Waals surface area contributed by atoms with E-state index in [0.717, 1.165) is 0 Å². The minimum Gasteiger partial charge on any atom is -0.354 e. The summed E-state index contributed by atoms with van der Waals surface area (Å²) in [6, 6.07) is 4.23. The number of hydrogen-bond acceptors (Lipinski definition) is 0. The summed E-state index contributed by atoms with van der Waals surface area (Å²) in [4.78, 5) is 0. The molecule has 1 heteroatoms. The quantitative estimate of drug-likeness (QED) is 0.645. The van der Waals surface area contributed by atoms with Crippen LogP contribution in [0.5, 0.6) is 0 Å². The third-order valence-electron chi connectivity index (χ3n) is 3.35. The number of nitrogens with zero attached hydrogens (tertiary/aromatic N) is 1. The molecular weight excluding hydrogens is 146 g/mol. The van der Waals surface area contributed by atoms with Crippen LogP contribution in [-0.4, -0.2) is 4.57 Å². The molecule has 0 atom stereocenters. The highest BCUT2D eigenvalue weighted by atomic mass is 14.9. The van der Waals surface area contributed by atoms with Crippen LogP contribution < -0.4 is 0 Å². The Morgan fingerprint density at radius 3 is 2.33 bits per heavy atom. The zero-order valence-corrected chi connectivity index (χ0v) is 7.79. The van der Waals surface area contributed by atoms with Gasteiger partial charge in [-0.3, -0.25) is 0 Å². The normalized spacial score (nSPS) is 20.4. The topological polar surface area (TPSA) is 4.93 Å². The molecular formula is C11H17N. The second-order valence-corrected chi connectivity index (χ2v) is 4.06. The summed E-state index contributed by atoms with van der Waals surface area (Å²) < 4.78 is 2.32. The van der Waals surface area contributed by atoms with Gasteiger partial charge in [-0.1, -0.05) is 13.3 Å². The first kappa shape index (κ1) is 7.90. The van der Waals surface area contributed by atoms with Crippen molar-refractivity contribution in [3.63, 3.8) is 0 Å². The van der Waals surface area contributed by atoms with Crippen LogP contribution in [0.15, 0.2) is 24.5 Å². The Morgan fingerprint density at radius 2 is 1.92 bits per heavy atom. The molecule has 0 radical (unpaired) electrons. The van der Waals surface area contributed by atoms with E-state index in [4.69, 9.17) is 0 Å². The predicted octanol–water partition coefficient (Wildman–Crippen LogP) is 3.07. The van der Waals surface area contributed by atoms with Gasteiger partial charge < -0.3 is 4.57 Å². The average molecular weight is 163 g/mol. The van der Waals surface area contributed by atoms with Crippen LogP contribution in [0.1, 0.15) is 32.6 Å². The van der Waals surface area contributed by atoms with Gasteiger partial charge in [-0.15, -0.1) is 0 Å². The maximum Gasteiger partial charge on any atom is 0.0276 e. The lowest BCUT2D eigenvalue weighted by Crippen LogP contribution is -2.32. The first-order valence-electron chi connectivity index (χ1n) is 4.95. The van der Waals surface area contributed by atoms with Crippen molar-refractivity contribution in [1.29, 1.82) is 0 Å². The maximum absolute atomic E-state index is 2.32. The SMILES string of the molecule is CCC1(Cn2cccc2)CCC1. The fourth-order valence-electron chi connectivity index (χ4n) is 2.16. The van der Waals surface area contributed by atoms with Gasteiger partial charge in [0.25, 0.3) is 0 Å². The van der Waals surface area contributed by atoms with E-state index in [0.29, 0.717) is 5.41 Å². The molecule has 12 heavy (non-hydrogen) atoms. The van der Waals surface area contributed by atoms with Crippen LogP contribution >= 0.6 is 0 Å². The Bertz CT molecular complexity index is 226. The molecule has 1 aromatic rings. The van der Waals surface area contributed by atoms with Crippen LogP contribution in [0.2, 0.25) is 0 Å². The van der Waals surface area contributed by atoms with E-state index in [1.165, 1.54) is 32.2 Å². The van der Waals surface area contributed by atoms with E-state index in [1.807, 2.05) is 0 Å². The lowest BCUT2D eigenvalue weighted by Gasteiger charge is -2.41. The van der Waals surface area contributed by atoms with Crippen LogP contribution in [0, 0.1) is 5.41 Å². The monoisotopic (exact) mass is 163 g/mol. The smallest absolute Gasteiger partial charge is 0.0276 e. The van der Waals surface area contributed by atoms with Crippen molar-refractivity contribution in [2.45, 2.75) is 39.2 Å². The van der Waals surface area contributed by atoms with Gasteiger partial charge in [0.05, 0.1) is 0 Å². The molecule has 0 aliphatic heterocycles. The molecule has 1 saturated carbocycles. The van der Waals surface area contributed by atoms with Gasteiger partial charge in [-0.2, -0.15) is 0 Å². The number of hydrogen-bond donors (Lipinski definition) is 0. The van der Waals surface area contributed by atoms with E-state index < -0.39 is 0 Å². The molecule has 2 rings (SSSR count). The minimum absolute atomic E-state index is 0.652. The van der Waals surface area contributed by atoms with E-state index in [9.17, 15) is 0 Å². The molecule has 1 aliphatic rings. The van der Waals surface area contributed by atoms with E-state index in [-0.39, 0.29) is 0 Å². The van der Waals surface area contributed by atoms with Crippen molar-refractivity contribution in [2.75, 3.05) is 0 Å². The van der Waals surface area contributed by atoms with Crippen molar-refractivity contribution in [1.82, 2.24) is 4.57 Å². The first-order valence-corrected chi connectivity index (χ1v) is 4.95. The van der Waals surface area contributed by atoms with E-state index in [1.54, 1.807) is 0 Å². The van der Waals surface area contributed by atoms with Gasteiger partial charge in [-0.25, -0.2) is 0 Å². The molecule has 0 saturated heterocycles. The zero-order chi connectivity index (χ0) is 8.44. The highest BCUT2D eigenvalue weighted by Crippen LogP contribution is 2.44. The van der Waals surface area contributed by atoms with E-state index >= 15 is 0 Å². The molecule has 0 N–H and O–H groups in total. The molecule has 0 unspecified atom stereocenters. The molecule has 1 aliphatic carbocycles. The molecule has 66 valence electrons. The van der Waals surface area contributed by atoms with E-state index in [2.05, 4.69) is 36.0 Å². The molecule has 0 amide bonds. The van der Waals surface area contributed by atoms with Gasteiger partial charge >= 0.3 is 0 Å². The second kappa shape index (κ2) is 2.96. The molecule has 1 fully saturated rings. The standard InChI is InChI=1S/C11H17N/c1-2-11(6-5-7-11)10-12-8-3-4-9-12/h3-4,8-9H,2,5-7,10H2,1H3. The molecule has 1 heterocycles. The summed E-state index contributed by atoms with van der Waals surface area (Å²) in [5.41, 5.74) is 0.652. The van der Waals surface area contributed by atoms with Gasteiger partial charge in [0.1, 0.15) is 0 Å². The molecule has 0 spiro atoms. The second-order valence-electron chi connectivity index (χ2n) is 4.06. The zero-order valence-electron chi connectivity index (χ0n) is 7.79. The third-order valence-corrected chi connectivity index (χ3v) is 3.35.